The van der Waals surface area contributed by atoms with E-state index in [1.807, 2.05) is 32.0 Å². The fourth-order valence-corrected chi connectivity index (χ4v) is 4.11. The third-order valence-electron chi connectivity index (χ3n) is 6.05. The SMILES string of the molecule is Cc1cc(C)cc(COc2cccc(N(Cc3cccc(C(F)(F)C(F)(F)C(F)(F)F)c3)C[C@@H](O)C(F)(F)F)c2)c1. The Labute approximate surface area is 229 Å². The standard InChI is InChI=1S/C28H25F10NO2/c1-17-9-18(2)11-20(10-17)16-41-23-8-4-7-22(13-23)39(15-24(40)26(31,32)33)14-19-5-3-6-21(12-19)25(29,30)27(34,35)28(36,37)38/h3-13,24,40H,14-16H2,1-2H3/t24-/m1/s1. The van der Waals surface area contributed by atoms with Crippen molar-refractivity contribution in [2.75, 3.05) is 11.4 Å². The average molecular weight is 597 g/mol. The second-order valence-electron chi connectivity index (χ2n) is 9.57. The summed E-state index contributed by atoms with van der Waals surface area (Å²) in [6.07, 6.45) is -14.5. The molecule has 0 aliphatic heterocycles. The molecule has 0 saturated heterocycles. The number of hydrogen-bond acceptors (Lipinski definition) is 3. The molecule has 0 unspecified atom stereocenters. The Bertz CT molecular complexity index is 1320. The van der Waals surface area contributed by atoms with Gasteiger partial charge in [-0.25, -0.2) is 0 Å². The molecule has 13 heteroatoms. The maximum Gasteiger partial charge on any atom is 0.460 e. The van der Waals surface area contributed by atoms with E-state index in [1.54, 1.807) is 0 Å². The Balaban J connectivity index is 1.92. The van der Waals surface area contributed by atoms with Gasteiger partial charge in [0.2, 0.25) is 0 Å². The van der Waals surface area contributed by atoms with Gasteiger partial charge < -0.3 is 14.7 Å². The van der Waals surface area contributed by atoms with Gasteiger partial charge in [0.25, 0.3) is 0 Å². The average Bonchev–Trinajstić information content (AvgIpc) is 2.85. The number of halogens is 10. The monoisotopic (exact) mass is 597 g/mol. The normalized spacial score (nSPS) is 13.7. The second-order valence-corrected chi connectivity index (χ2v) is 9.57. The molecule has 224 valence electrons. The van der Waals surface area contributed by atoms with Crippen molar-refractivity contribution in [3.63, 3.8) is 0 Å². The number of alkyl halides is 10. The lowest BCUT2D eigenvalue weighted by Gasteiger charge is -2.30. The first-order valence-electron chi connectivity index (χ1n) is 12.0. The fraction of sp³-hybridized carbons (Fsp3) is 0.357. The number of nitrogens with zero attached hydrogens (tertiary/aromatic N) is 1. The fourth-order valence-electron chi connectivity index (χ4n) is 4.11. The third kappa shape index (κ3) is 7.63. The number of rotatable bonds is 10. The minimum atomic E-state index is -6.56. The summed E-state index contributed by atoms with van der Waals surface area (Å²) in [4.78, 5) is 0.918. The molecule has 3 aromatic carbocycles. The highest BCUT2D eigenvalue weighted by Gasteiger charge is 2.73. The van der Waals surface area contributed by atoms with Crippen molar-refractivity contribution >= 4 is 5.69 Å². The van der Waals surface area contributed by atoms with Gasteiger partial charge >= 0.3 is 24.2 Å². The molecule has 0 heterocycles. The van der Waals surface area contributed by atoms with E-state index in [2.05, 4.69) is 0 Å². The summed E-state index contributed by atoms with van der Waals surface area (Å²) in [6.45, 7) is 2.10. The highest BCUT2D eigenvalue weighted by molar-refractivity contribution is 5.52. The molecule has 0 aliphatic rings. The minimum Gasteiger partial charge on any atom is -0.489 e. The van der Waals surface area contributed by atoms with E-state index in [1.165, 1.54) is 24.3 Å². The van der Waals surface area contributed by atoms with Crippen LogP contribution < -0.4 is 9.64 Å². The zero-order valence-electron chi connectivity index (χ0n) is 21.6. The van der Waals surface area contributed by atoms with Gasteiger partial charge in [0, 0.05) is 23.9 Å². The highest BCUT2D eigenvalue weighted by atomic mass is 19.4. The first-order valence-corrected chi connectivity index (χ1v) is 12.0. The van der Waals surface area contributed by atoms with Crippen LogP contribution >= 0.6 is 0 Å². The Morgan fingerprint density at radius 1 is 0.756 bits per heavy atom. The highest BCUT2D eigenvalue weighted by Crippen LogP contribution is 2.51. The number of anilines is 1. The predicted octanol–water partition coefficient (Wildman–Crippen LogP) is 8.10. The topological polar surface area (TPSA) is 32.7 Å². The molecule has 0 amide bonds. The van der Waals surface area contributed by atoms with Gasteiger partial charge in [-0.1, -0.05) is 53.6 Å². The van der Waals surface area contributed by atoms with Crippen LogP contribution in [0, 0.1) is 13.8 Å². The molecule has 0 radical (unpaired) electrons. The van der Waals surface area contributed by atoms with Crippen LogP contribution in [0.1, 0.15) is 27.8 Å². The van der Waals surface area contributed by atoms with Crippen LogP contribution in [-0.4, -0.2) is 36.0 Å². The maximum atomic E-state index is 14.3. The van der Waals surface area contributed by atoms with Gasteiger partial charge in [0.15, 0.2) is 6.10 Å². The first-order chi connectivity index (χ1) is 18.8. The maximum absolute atomic E-state index is 14.3. The van der Waals surface area contributed by atoms with E-state index in [0.29, 0.717) is 12.1 Å². The number of ether oxygens (including phenoxy) is 1. The van der Waals surface area contributed by atoms with Crippen molar-refractivity contribution in [2.45, 2.75) is 57.3 Å². The summed E-state index contributed by atoms with van der Waals surface area (Å²) in [7, 11) is 0. The van der Waals surface area contributed by atoms with E-state index >= 15 is 0 Å². The van der Waals surface area contributed by atoms with Crippen LogP contribution in [0.5, 0.6) is 5.75 Å². The predicted molar refractivity (Wildman–Crippen MR) is 131 cm³/mol. The molecule has 0 spiro atoms. The zero-order valence-corrected chi connectivity index (χ0v) is 21.6. The molecule has 3 rings (SSSR count). The Morgan fingerprint density at radius 2 is 1.37 bits per heavy atom. The Kier molecular flexibility index (Phi) is 9.21. The van der Waals surface area contributed by atoms with Gasteiger partial charge in [-0.3, -0.25) is 0 Å². The lowest BCUT2D eigenvalue weighted by molar-refractivity contribution is -0.359. The Morgan fingerprint density at radius 3 is 1.95 bits per heavy atom. The molecule has 41 heavy (non-hydrogen) atoms. The molecular weight excluding hydrogens is 572 g/mol. The van der Waals surface area contributed by atoms with Crippen LogP contribution in [0.3, 0.4) is 0 Å². The summed E-state index contributed by atoms with van der Waals surface area (Å²) in [5.74, 6) is -11.9. The molecular formula is C28H25F10NO2. The van der Waals surface area contributed by atoms with Gasteiger partial charge in [0.05, 0.1) is 6.54 Å². The summed E-state index contributed by atoms with van der Waals surface area (Å²) >= 11 is 0. The Hall–Kier alpha value is -3.48. The lowest BCUT2D eigenvalue weighted by atomic mass is 9.99. The summed E-state index contributed by atoms with van der Waals surface area (Å²) in [5.41, 5.74) is 0.806. The van der Waals surface area contributed by atoms with E-state index in [-0.39, 0.29) is 23.6 Å². The second kappa shape index (κ2) is 11.8. The van der Waals surface area contributed by atoms with Gasteiger partial charge in [-0.15, -0.1) is 0 Å². The molecule has 0 aromatic heterocycles. The van der Waals surface area contributed by atoms with Crippen molar-refractivity contribution < 1.29 is 53.7 Å². The molecule has 0 fully saturated rings. The van der Waals surface area contributed by atoms with Crippen LogP contribution in [0.25, 0.3) is 0 Å². The number of hydrogen-bond donors (Lipinski definition) is 1. The van der Waals surface area contributed by atoms with Gasteiger partial charge in [-0.05, 0) is 43.2 Å². The molecule has 1 N–H and O–H groups in total. The van der Waals surface area contributed by atoms with Crippen LogP contribution in [0.2, 0.25) is 0 Å². The number of aliphatic hydroxyl groups excluding tert-OH is 1. The molecule has 0 saturated carbocycles. The summed E-state index contributed by atoms with van der Waals surface area (Å²) in [5, 5.41) is 9.71. The quantitative estimate of drug-likeness (QED) is 0.240. The zero-order chi connectivity index (χ0) is 30.8. The number of aliphatic hydroxyl groups is 1. The third-order valence-corrected chi connectivity index (χ3v) is 6.05. The molecule has 0 aliphatic carbocycles. The van der Waals surface area contributed by atoms with Crippen LogP contribution in [0.15, 0.2) is 66.7 Å². The number of aryl methyl sites for hydroxylation is 2. The minimum absolute atomic E-state index is 0.0315. The van der Waals surface area contributed by atoms with Crippen LogP contribution in [-0.2, 0) is 19.1 Å². The van der Waals surface area contributed by atoms with Crippen molar-refractivity contribution in [1.82, 2.24) is 0 Å². The van der Waals surface area contributed by atoms with E-state index in [9.17, 15) is 49.0 Å². The molecule has 3 nitrogen and oxygen atoms in total. The van der Waals surface area contributed by atoms with Crippen molar-refractivity contribution in [1.29, 1.82) is 0 Å². The number of benzene rings is 3. The van der Waals surface area contributed by atoms with E-state index < -0.39 is 49.0 Å². The van der Waals surface area contributed by atoms with Crippen molar-refractivity contribution in [3.05, 3.63) is 94.5 Å². The smallest absolute Gasteiger partial charge is 0.460 e. The summed E-state index contributed by atoms with van der Waals surface area (Å²) < 4.78 is 139. The van der Waals surface area contributed by atoms with Gasteiger partial charge in [0.1, 0.15) is 12.4 Å². The molecule has 0 bridgehead atoms. The van der Waals surface area contributed by atoms with Gasteiger partial charge in [-0.2, -0.15) is 43.9 Å². The van der Waals surface area contributed by atoms with Crippen LogP contribution in [0.4, 0.5) is 49.6 Å². The lowest BCUT2D eigenvalue weighted by Crippen LogP contribution is -2.50. The largest absolute Gasteiger partial charge is 0.489 e. The van der Waals surface area contributed by atoms with E-state index in [4.69, 9.17) is 4.74 Å². The summed E-state index contributed by atoms with van der Waals surface area (Å²) in [6, 6.07) is 13.8. The first kappa shape index (κ1) is 32.0. The van der Waals surface area contributed by atoms with Crippen molar-refractivity contribution in [2.24, 2.45) is 0 Å². The molecule has 3 aromatic rings. The molecule has 1 atom stereocenters. The van der Waals surface area contributed by atoms with E-state index in [0.717, 1.165) is 33.7 Å². The van der Waals surface area contributed by atoms with Crippen molar-refractivity contribution in [3.8, 4) is 5.75 Å².